The number of imidazole rings is 1. The van der Waals surface area contributed by atoms with Crippen molar-refractivity contribution >= 4 is 17.4 Å². The van der Waals surface area contributed by atoms with Gasteiger partial charge in [-0.15, -0.1) is 0 Å². The molecule has 1 unspecified atom stereocenters. The van der Waals surface area contributed by atoms with Crippen molar-refractivity contribution in [2.75, 3.05) is 12.8 Å². The van der Waals surface area contributed by atoms with Crippen molar-refractivity contribution in [3.63, 3.8) is 0 Å². The predicted octanol–water partition coefficient (Wildman–Crippen LogP) is 1.57. The van der Waals surface area contributed by atoms with Crippen LogP contribution in [0, 0.1) is 0 Å². The van der Waals surface area contributed by atoms with Crippen LogP contribution in [-0.2, 0) is 6.54 Å². The number of nitrogens with zero attached hydrogens (tertiary/aromatic N) is 3. The molecule has 1 N–H and O–H groups in total. The van der Waals surface area contributed by atoms with Gasteiger partial charge < -0.3 is 5.32 Å². The van der Waals surface area contributed by atoms with E-state index in [1.165, 1.54) is 5.69 Å². The molecule has 0 saturated heterocycles. The molecule has 0 bridgehead atoms. The molecule has 2 aromatic heterocycles. The minimum Gasteiger partial charge on any atom is -0.310 e. The molecular weight excluding hydrogens is 220 g/mol. The van der Waals surface area contributed by atoms with Gasteiger partial charge in [0.1, 0.15) is 0 Å². The molecule has 0 radical (unpaired) electrons. The third-order valence-corrected chi connectivity index (χ3v) is 3.51. The van der Waals surface area contributed by atoms with Gasteiger partial charge in [-0.25, -0.2) is 4.98 Å². The van der Waals surface area contributed by atoms with E-state index in [-0.39, 0.29) is 0 Å². The highest BCUT2D eigenvalue weighted by Gasteiger charge is 2.03. The number of aromatic nitrogens is 3. The highest BCUT2D eigenvalue weighted by Crippen LogP contribution is 2.06. The smallest absolute Gasteiger partial charge is 0.155 e. The summed E-state index contributed by atoms with van der Waals surface area (Å²) >= 11 is 1.87. The van der Waals surface area contributed by atoms with Crippen LogP contribution in [0.5, 0.6) is 0 Å². The van der Waals surface area contributed by atoms with E-state index >= 15 is 0 Å². The predicted molar refractivity (Wildman–Crippen MR) is 67.7 cm³/mol. The van der Waals surface area contributed by atoms with Crippen LogP contribution in [0.4, 0.5) is 0 Å². The minimum atomic E-state index is 0.640. The zero-order chi connectivity index (χ0) is 11.4. The van der Waals surface area contributed by atoms with Crippen LogP contribution in [0.25, 0.3) is 5.65 Å². The molecule has 0 aliphatic carbocycles. The lowest BCUT2D eigenvalue weighted by Gasteiger charge is -2.09. The summed E-state index contributed by atoms with van der Waals surface area (Å²) in [7, 11) is 0. The van der Waals surface area contributed by atoms with E-state index in [9.17, 15) is 0 Å². The molecule has 4 nitrogen and oxygen atoms in total. The maximum Gasteiger partial charge on any atom is 0.155 e. The first-order valence-corrected chi connectivity index (χ1v) is 6.59. The van der Waals surface area contributed by atoms with Crippen LogP contribution in [0.1, 0.15) is 12.6 Å². The fourth-order valence-corrected chi connectivity index (χ4v) is 1.80. The number of fused-ring (bicyclic) bond motifs is 1. The van der Waals surface area contributed by atoms with E-state index in [0.717, 1.165) is 18.7 Å². The van der Waals surface area contributed by atoms with Crippen LogP contribution in [0.15, 0.2) is 24.8 Å². The van der Waals surface area contributed by atoms with Gasteiger partial charge in [0, 0.05) is 30.7 Å². The summed E-state index contributed by atoms with van der Waals surface area (Å²) in [6, 6.07) is 0. The highest BCUT2D eigenvalue weighted by atomic mass is 32.2. The Bertz CT molecular complexity index is 454. The second-order valence-corrected chi connectivity index (χ2v) is 5.01. The number of rotatable bonds is 5. The average Bonchev–Trinajstić information content (AvgIpc) is 2.73. The molecule has 0 fully saturated rings. The Labute approximate surface area is 99.5 Å². The lowest BCUT2D eigenvalue weighted by Crippen LogP contribution is -2.22. The number of hydrogen-bond donors (Lipinski definition) is 1. The fourth-order valence-electron chi connectivity index (χ4n) is 1.51. The second kappa shape index (κ2) is 5.32. The van der Waals surface area contributed by atoms with Gasteiger partial charge in [0.2, 0.25) is 0 Å². The van der Waals surface area contributed by atoms with Gasteiger partial charge >= 0.3 is 0 Å². The Hall–Kier alpha value is -1.07. The van der Waals surface area contributed by atoms with Crippen molar-refractivity contribution in [2.24, 2.45) is 0 Å². The van der Waals surface area contributed by atoms with E-state index in [4.69, 9.17) is 0 Å². The third kappa shape index (κ3) is 2.54. The summed E-state index contributed by atoms with van der Waals surface area (Å²) in [5, 5.41) is 4.07. The molecule has 0 amide bonds. The molecule has 0 saturated carbocycles. The van der Waals surface area contributed by atoms with Crippen molar-refractivity contribution in [1.82, 2.24) is 19.7 Å². The Morgan fingerprint density at radius 2 is 2.38 bits per heavy atom. The maximum atomic E-state index is 4.29. The molecule has 5 heteroatoms. The molecule has 86 valence electrons. The lowest BCUT2D eigenvalue weighted by molar-refractivity contribution is 0.669. The summed E-state index contributed by atoms with van der Waals surface area (Å²) in [6.07, 6.45) is 9.52. The first-order valence-electron chi connectivity index (χ1n) is 5.30. The quantitative estimate of drug-likeness (QED) is 0.855. The van der Waals surface area contributed by atoms with Crippen molar-refractivity contribution in [3.05, 3.63) is 30.5 Å². The van der Waals surface area contributed by atoms with Crippen molar-refractivity contribution in [1.29, 1.82) is 0 Å². The van der Waals surface area contributed by atoms with E-state index in [2.05, 4.69) is 32.9 Å². The summed E-state index contributed by atoms with van der Waals surface area (Å²) in [6.45, 7) is 4.08. The monoisotopic (exact) mass is 236 g/mol. The van der Waals surface area contributed by atoms with Crippen LogP contribution in [0.2, 0.25) is 0 Å². The van der Waals surface area contributed by atoms with E-state index in [1.807, 2.05) is 24.2 Å². The topological polar surface area (TPSA) is 42.2 Å². The van der Waals surface area contributed by atoms with Crippen LogP contribution < -0.4 is 5.32 Å². The molecular formula is C11H16N4S. The summed E-state index contributed by atoms with van der Waals surface area (Å²) in [4.78, 5) is 8.33. The van der Waals surface area contributed by atoms with Crippen molar-refractivity contribution in [3.8, 4) is 0 Å². The van der Waals surface area contributed by atoms with Gasteiger partial charge in [-0.2, -0.15) is 11.8 Å². The fraction of sp³-hybridized carbons (Fsp3) is 0.455. The standard InChI is InChI=1S/C11H16N4S/c1-9(16-2)5-13-6-10-7-14-11-8-12-3-4-15(10)11/h3-4,7-9,13H,5-6H2,1-2H3. The third-order valence-electron chi connectivity index (χ3n) is 2.53. The van der Waals surface area contributed by atoms with Gasteiger partial charge in [0.05, 0.1) is 18.1 Å². The Kier molecular flexibility index (Phi) is 3.79. The molecule has 16 heavy (non-hydrogen) atoms. The molecule has 2 aromatic rings. The molecule has 0 aliphatic rings. The molecule has 1 atom stereocenters. The summed E-state index contributed by atoms with van der Waals surface area (Å²) in [5.74, 6) is 0. The Morgan fingerprint density at radius 3 is 3.19 bits per heavy atom. The largest absolute Gasteiger partial charge is 0.310 e. The van der Waals surface area contributed by atoms with Crippen LogP contribution in [-0.4, -0.2) is 32.4 Å². The average molecular weight is 236 g/mol. The normalized spacial score (nSPS) is 13.1. The first-order chi connectivity index (χ1) is 7.81. The highest BCUT2D eigenvalue weighted by molar-refractivity contribution is 7.99. The van der Waals surface area contributed by atoms with Crippen molar-refractivity contribution in [2.45, 2.75) is 18.7 Å². The van der Waals surface area contributed by atoms with Gasteiger partial charge in [-0.3, -0.25) is 9.38 Å². The zero-order valence-electron chi connectivity index (χ0n) is 9.55. The SMILES string of the molecule is CSC(C)CNCc1cnc2cnccn12. The molecule has 0 aromatic carbocycles. The number of hydrogen-bond acceptors (Lipinski definition) is 4. The number of thioether (sulfide) groups is 1. The maximum absolute atomic E-state index is 4.29. The van der Waals surface area contributed by atoms with Crippen LogP contribution in [0.3, 0.4) is 0 Å². The Balaban J connectivity index is 1.99. The van der Waals surface area contributed by atoms with Crippen molar-refractivity contribution < 1.29 is 0 Å². The molecule has 0 spiro atoms. The molecule has 2 rings (SSSR count). The van der Waals surface area contributed by atoms with Gasteiger partial charge in [0.25, 0.3) is 0 Å². The minimum absolute atomic E-state index is 0.640. The zero-order valence-corrected chi connectivity index (χ0v) is 10.4. The number of nitrogens with one attached hydrogen (secondary N) is 1. The first kappa shape index (κ1) is 11.4. The molecule has 2 heterocycles. The second-order valence-electron chi connectivity index (χ2n) is 3.73. The Morgan fingerprint density at radius 1 is 1.50 bits per heavy atom. The van der Waals surface area contributed by atoms with E-state index < -0.39 is 0 Å². The summed E-state index contributed by atoms with van der Waals surface area (Å²) in [5.41, 5.74) is 2.07. The van der Waals surface area contributed by atoms with Gasteiger partial charge in [-0.05, 0) is 6.26 Å². The van der Waals surface area contributed by atoms with Crippen LogP contribution >= 0.6 is 11.8 Å². The van der Waals surface area contributed by atoms with E-state index in [1.54, 1.807) is 12.4 Å². The lowest BCUT2D eigenvalue weighted by atomic mass is 10.4. The summed E-state index contributed by atoms with van der Waals surface area (Å²) < 4.78 is 2.06. The van der Waals surface area contributed by atoms with Gasteiger partial charge in [-0.1, -0.05) is 6.92 Å². The van der Waals surface area contributed by atoms with E-state index in [0.29, 0.717) is 5.25 Å². The molecule has 0 aliphatic heterocycles. The van der Waals surface area contributed by atoms with Gasteiger partial charge in [0.15, 0.2) is 5.65 Å².